The van der Waals surface area contributed by atoms with Gasteiger partial charge in [-0.15, -0.1) is 0 Å². The molecule has 2 aromatic rings. The molecule has 2 atom stereocenters. The summed E-state index contributed by atoms with van der Waals surface area (Å²) in [6.45, 7) is 1.82. The fourth-order valence-corrected chi connectivity index (χ4v) is 3.49. The van der Waals surface area contributed by atoms with Crippen molar-refractivity contribution in [1.82, 2.24) is 10.3 Å². The van der Waals surface area contributed by atoms with Gasteiger partial charge in [0.2, 0.25) is 11.7 Å². The molecule has 1 aliphatic rings. The van der Waals surface area contributed by atoms with Gasteiger partial charge in [-0.05, 0) is 43.9 Å². The molecule has 0 radical (unpaired) electrons. The van der Waals surface area contributed by atoms with Crippen molar-refractivity contribution in [2.24, 2.45) is 11.7 Å². The normalized spacial score (nSPS) is 15.8. The van der Waals surface area contributed by atoms with Crippen molar-refractivity contribution in [3.8, 4) is 0 Å². The molecule has 0 saturated heterocycles. The Morgan fingerprint density at radius 3 is 2.61 bits per heavy atom. The summed E-state index contributed by atoms with van der Waals surface area (Å²) in [4.78, 5) is 28.0. The first-order chi connectivity index (χ1) is 13.3. The zero-order valence-electron chi connectivity index (χ0n) is 15.4. The van der Waals surface area contributed by atoms with Gasteiger partial charge in [-0.3, -0.25) is 14.6 Å². The number of nitrogens with zero attached hydrogens (tertiary/aromatic N) is 1. The molecular formula is C20H22ClFN4O2. The lowest BCUT2D eigenvalue weighted by Crippen LogP contribution is -2.35. The number of primary amides is 1. The van der Waals surface area contributed by atoms with E-state index in [1.807, 2.05) is 6.92 Å². The van der Waals surface area contributed by atoms with Crippen LogP contribution < -0.4 is 16.8 Å². The highest BCUT2D eigenvalue weighted by Crippen LogP contribution is 2.43. The molecule has 6 nitrogen and oxygen atoms in total. The molecular weight excluding hydrogens is 383 g/mol. The number of nitrogen functional groups attached to an aromatic ring is 1. The third-order valence-corrected chi connectivity index (χ3v) is 5.08. The molecule has 1 aromatic heterocycles. The molecule has 0 aliphatic heterocycles. The summed E-state index contributed by atoms with van der Waals surface area (Å²) < 4.78 is 15.4. The molecule has 1 aliphatic carbocycles. The Morgan fingerprint density at radius 2 is 2.04 bits per heavy atom. The van der Waals surface area contributed by atoms with Crippen molar-refractivity contribution in [3.05, 3.63) is 58.1 Å². The van der Waals surface area contributed by atoms with Crippen molar-refractivity contribution >= 4 is 29.0 Å². The third kappa shape index (κ3) is 4.48. The summed E-state index contributed by atoms with van der Waals surface area (Å²) in [5.41, 5.74) is 11.4. The lowest BCUT2D eigenvalue weighted by atomic mass is 9.95. The largest absolute Gasteiger partial charge is 0.397 e. The van der Waals surface area contributed by atoms with Crippen LogP contribution in [0.5, 0.6) is 0 Å². The van der Waals surface area contributed by atoms with Crippen molar-refractivity contribution in [1.29, 1.82) is 0 Å². The number of halogens is 2. The van der Waals surface area contributed by atoms with Crippen LogP contribution in [0.1, 0.15) is 53.8 Å². The maximum absolute atomic E-state index is 15.4. The van der Waals surface area contributed by atoms with Gasteiger partial charge in [0.25, 0.3) is 0 Å². The minimum Gasteiger partial charge on any atom is -0.397 e. The molecule has 1 aromatic carbocycles. The molecule has 3 rings (SSSR count). The van der Waals surface area contributed by atoms with Crippen LogP contribution in [0.4, 0.5) is 10.1 Å². The average Bonchev–Trinajstić information content (AvgIpc) is 3.45. The molecule has 1 saturated carbocycles. The zero-order valence-corrected chi connectivity index (χ0v) is 16.2. The van der Waals surface area contributed by atoms with Crippen LogP contribution in [0, 0.1) is 11.7 Å². The van der Waals surface area contributed by atoms with Gasteiger partial charge < -0.3 is 16.8 Å². The molecule has 0 spiro atoms. The molecule has 148 valence electrons. The Kier molecular flexibility index (Phi) is 5.96. The van der Waals surface area contributed by atoms with Gasteiger partial charge in [-0.1, -0.05) is 17.7 Å². The molecule has 1 fully saturated rings. The highest BCUT2D eigenvalue weighted by molar-refractivity contribution is 6.35. The molecule has 28 heavy (non-hydrogen) atoms. The van der Waals surface area contributed by atoms with Crippen molar-refractivity contribution in [3.63, 3.8) is 0 Å². The van der Waals surface area contributed by atoms with Gasteiger partial charge in [0.1, 0.15) is 11.5 Å². The number of aromatic nitrogens is 1. The van der Waals surface area contributed by atoms with E-state index < -0.39 is 17.5 Å². The van der Waals surface area contributed by atoms with E-state index in [1.54, 1.807) is 6.07 Å². The van der Waals surface area contributed by atoms with Gasteiger partial charge in [-0.25, -0.2) is 4.39 Å². The standard InChI is InChI=1S/C20H22ClFN4O2/c1-10(8-16(24)27)26-19(11-2-3-11)13-5-6-14(21)17(18(13)22)20(28)15-7-4-12(23)9-25-15/h4-7,9-11,19,26H,2-3,8,23H2,1H3,(H2,24,27)/t10-,19+/m0/s1. The van der Waals surface area contributed by atoms with Gasteiger partial charge in [0.15, 0.2) is 0 Å². The van der Waals surface area contributed by atoms with Gasteiger partial charge in [0.05, 0.1) is 22.5 Å². The number of amides is 1. The number of nitrogens with one attached hydrogen (secondary N) is 1. The van der Waals surface area contributed by atoms with Crippen LogP contribution >= 0.6 is 11.6 Å². The summed E-state index contributed by atoms with van der Waals surface area (Å²) >= 11 is 6.16. The van der Waals surface area contributed by atoms with E-state index in [9.17, 15) is 9.59 Å². The number of nitrogens with two attached hydrogens (primary N) is 2. The Hall–Kier alpha value is -2.51. The number of carbonyl (C=O) groups excluding carboxylic acids is 2. The van der Waals surface area contributed by atoms with E-state index in [4.69, 9.17) is 23.1 Å². The van der Waals surface area contributed by atoms with Crippen LogP contribution in [0.3, 0.4) is 0 Å². The van der Waals surface area contributed by atoms with E-state index in [2.05, 4.69) is 10.3 Å². The van der Waals surface area contributed by atoms with Crippen molar-refractivity contribution in [2.75, 3.05) is 5.73 Å². The lowest BCUT2D eigenvalue weighted by molar-refractivity contribution is -0.118. The molecule has 0 bridgehead atoms. The van der Waals surface area contributed by atoms with Gasteiger partial charge >= 0.3 is 0 Å². The Labute approximate surface area is 167 Å². The Morgan fingerprint density at radius 1 is 1.32 bits per heavy atom. The lowest BCUT2D eigenvalue weighted by Gasteiger charge is -2.24. The highest BCUT2D eigenvalue weighted by atomic mass is 35.5. The number of ketones is 1. The number of rotatable bonds is 8. The second kappa shape index (κ2) is 8.24. The SMILES string of the molecule is C[C@@H](CC(N)=O)N[C@@H](c1ccc(Cl)c(C(=O)c2ccc(N)cn2)c1F)C1CC1. The van der Waals surface area contributed by atoms with Gasteiger partial charge in [0, 0.05) is 24.1 Å². The van der Waals surface area contributed by atoms with Crippen molar-refractivity contribution < 1.29 is 14.0 Å². The first-order valence-electron chi connectivity index (χ1n) is 9.06. The number of anilines is 1. The quantitative estimate of drug-likeness (QED) is 0.585. The Bertz CT molecular complexity index is 900. The first kappa shape index (κ1) is 20.2. The first-order valence-corrected chi connectivity index (χ1v) is 9.44. The predicted octanol–water partition coefficient (Wildman–Crippen LogP) is 2.99. The maximum atomic E-state index is 15.4. The predicted molar refractivity (Wildman–Crippen MR) is 105 cm³/mol. The fraction of sp³-hybridized carbons (Fsp3) is 0.350. The molecule has 1 heterocycles. The van der Waals surface area contributed by atoms with E-state index in [0.717, 1.165) is 12.8 Å². The summed E-state index contributed by atoms with van der Waals surface area (Å²) in [7, 11) is 0. The molecule has 5 N–H and O–H groups in total. The summed E-state index contributed by atoms with van der Waals surface area (Å²) in [5, 5.41) is 3.29. The smallest absolute Gasteiger partial charge is 0.218 e. The Balaban J connectivity index is 1.95. The molecule has 1 amide bonds. The topological polar surface area (TPSA) is 111 Å². The third-order valence-electron chi connectivity index (χ3n) is 4.77. The van der Waals surface area contributed by atoms with Crippen LogP contribution in [-0.2, 0) is 4.79 Å². The van der Waals surface area contributed by atoms with Gasteiger partial charge in [-0.2, -0.15) is 0 Å². The molecule has 0 unspecified atom stereocenters. The number of benzene rings is 1. The monoisotopic (exact) mass is 404 g/mol. The second-order valence-electron chi connectivity index (χ2n) is 7.18. The average molecular weight is 405 g/mol. The fourth-order valence-electron chi connectivity index (χ4n) is 3.26. The number of hydrogen-bond acceptors (Lipinski definition) is 5. The molecule has 8 heteroatoms. The van der Waals surface area contributed by atoms with E-state index >= 15 is 4.39 Å². The second-order valence-corrected chi connectivity index (χ2v) is 7.59. The van der Waals surface area contributed by atoms with Crippen LogP contribution in [-0.4, -0.2) is 22.7 Å². The van der Waals surface area contributed by atoms with E-state index in [1.165, 1.54) is 24.4 Å². The minimum absolute atomic E-state index is 0.0182. The number of pyridine rings is 1. The van der Waals surface area contributed by atoms with Crippen LogP contribution in [0.25, 0.3) is 0 Å². The number of hydrogen-bond donors (Lipinski definition) is 3. The summed E-state index contributed by atoms with van der Waals surface area (Å²) in [6, 6.07) is 5.49. The summed E-state index contributed by atoms with van der Waals surface area (Å²) in [6.07, 6.45) is 3.35. The van der Waals surface area contributed by atoms with E-state index in [0.29, 0.717) is 11.3 Å². The highest BCUT2D eigenvalue weighted by Gasteiger charge is 2.36. The van der Waals surface area contributed by atoms with Crippen LogP contribution in [0.2, 0.25) is 5.02 Å². The summed E-state index contributed by atoms with van der Waals surface area (Å²) in [5.74, 6) is -1.49. The van der Waals surface area contributed by atoms with E-state index in [-0.39, 0.29) is 40.7 Å². The minimum atomic E-state index is -0.674. The zero-order chi connectivity index (χ0) is 20.4. The van der Waals surface area contributed by atoms with Crippen LogP contribution in [0.15, 0.2) is 30.5 Å². The maximum Gasteiger partial charge on any atom is 0.218 e. The number of carbonyl (C=O) groups is 2. The van der Waals surface area contributed by atoms with Crippen molar-refractivity contribution in [2.45, 2.75) is 38.3 Å².